The van der Waals surface area contributed by atoms with E-state index < -0.39 is 18.5 Å². The zero-order valence-electron chi connectivity index (χ0n) is 13.0. The first-order valence-electron chi connectivity index (χ1n) is 7.06. The molecule has 0 saturated carbocycles. The Kier molecular flexibility index (Phi) is 6.37. The molecule has 0 atom stereocenters. The summed E-state index contributed by atoms with van der Waals surface area (Å²) in [5.41, 5.74) is 7.03. The van der Waals surface area contributed by atoms with Crippen molar-refractivity contribution in [3.63, 3.8) is 0 Å². The van der Waals surface area contributed by atoms with Gasteiger partial charge in [0.05, 0.1) is 6.54 Å². The van der Waals surface area contributed by atoms with Crippen LogP contribution in [0.2, 0.25) is 0 Å². The molecule has 0 aliphatic heterocycles. The van der Waals surface area contributed by atoms with Gasteiger partial charge in [-0.15, -0.1) is 0 Å². The number of esters is 2. The lowest BCUT2D eigenvalue weighted by Crippen LogP contribution is -2.24. The van der Waals surface area contributed by atoms with Crippen LogP contribution in [0.5, 0.6) is 5.75 Å². The van der Waals surface area contributed by atoms with Gasteiger partial charge in [0.15, 0.2) is 6.61 Å². The molecule has 1 rings (SSSR count). The number of nitrogens with two attached hydrogens (primary N) is 1. The molecule has 5 heteroatoms. The lowest BCUT2D eigenvalue weighted by Gasteiger charge is -2.18. The second-order valence-electron chi connectivity index (χ2n) is 5.41. The van der Waals surface area contributed by atoms with Crippen LogP contribution in [0.4, 0.5) is 0 Å². The summed E-state index contributed by atoms with van der Waals surface area (Å²) in [6, 6.07) is 5.83. The zero-order valence-corrected chi connectivity index (χ0v) is 13.0. The summed E-state index contributed by atoms with van der Waals surface area (Å²) in [6.07, 6.45) is 0. The van der Waals surface area contributed by atoms with Crippen LogP contribution in [-0.4, -0.2) is 25.1 Å². The van der Waals surface area contributed by atoms with Crippen LogP contribution >= 0.6 is 0 Å². The highest BCUT2D eigenvalue weighted by Gasteiger charge is 2.18. The molecule has 0 radical (unpaired) electrons. The van der Waals surface area contributed by atoms with Crippen LogP contribution in [0.15, 0.2) is 18.2 Å². The Morgan fingerprint density at radius 1 is 1.05 bits per heavy atom. The number of benzene rings is 1. The standard InChI is InChI=1S/C16H23NO4/c1-10(2)12-6-5-7-13(11(3)4)16(12)21-15(19)9-20-14(18)8-17/h5-7,10-11H,8-9,17H2,1-4H3. The van der Waals surface area contributed by atoms with Gasteiger partial charge in [0.1, 0.15) is 5.75 Å². The third kappa shape index (κ3) is 4.86. The summed E-state index contributed by atoms with van der Waals surface area (Å²) in [5.74, 6) is -0.229. The summed E-state index contributed by atoms with van der Waals surface area (Å²) in [6.45, 7) is 7.44. The number of rotatable bonds is 6. The molecule has 1 aromatic carbocycles. The topological polar surface area (TPSA) is 78.6 Å². The molecular formula is C16H23NO4. The molecule has 0 fully saturated rings. The minimum absolute atomic E-state index is 0.220. The fourth-order valence-electron chi connectivity index (χ4n) is 1.94. The molecule has 0 aromatic heterocycles. The van der Waals surface area contributed by atoms with Crippen LogP contribution in [0, 0.1) is 0 Å². The molecule has 0 aliphatic carbocycles. The third-order valence-electron chi connectivity index (χ3n) is 3.05. The molecule has 0 bridgehead atoms. The minimum Gasteiger partial charge on any atom is -0.453 e. The Morgan fingerprint density at radius 3 is 2.00 bits per heavy atom. The summed E-state index contributed by atoms with van der Waals surface area (Å²) >= 11 is 0. The molecule has 1 aromatic rings. The van der Waals surface area contributed by atoms with Gasteiger partial charge in [0.25, 0.3) is 0 Å². The molecular weight excluding hydrogens is 270 g/mol. The average Bonchev–Trinajstić information content (AvgIpc) is 2.44. The number of ether oxygens (including phenoxy) is 2. The molecule has 0 unspecified atom stereocenters. The van der Waals surface area contributed by atoms with Gasteiger partial charge in [0, 0.05) is 0 Å². The van der Waals surface area contributed by atoms with E-state index in [1.807, 2.05) is 45.9 Å². The SMILES string of the molecule is CC(C)c1cccc(C(C)C)c1OC(=O)COC(=O)CN. The van der Waals surface area contributed by atoms with E-state index in [2.05, 4.69) is 4.74 Å². The van der Waals surface area contributed by atoms with E-state index in [1.54, 1.807) is 0 Å². The Labute approximate surface area is 125 Å². The zero-order chi connectivity index (χ0) is 16.0. The Hall–Kier alpha value is -1.88. The van der Waals surface area contributed by atoms with E-state index in [0.717, 1.165) is 11.1 Å². The molecule has 21 heavy (non-hydrogen) atoms. The van der Waals surface area contributed by atoms with Crippen molar-refractivity contribution >= 4 is 11.9 Å². The fourth-order valence-corrected chi connectivity index (χ4v) is 1.94. The number of carbonyl (C=O) groups excluding carboxylic acids is 2. The molecule has 2 N–H and O–H groups in total. The monoisotopic (exact) mass is 293 g/mol. The molecule has 0 amide bonds. The van der Waals surface area contributed by atoms with E-state index in [1.165, 1.54) is 0 Å². The van der Waals surface area contributed by atoms with Crippen LogP contribution in [0.3, 0.4) is 0 Å². The van der Waals surface area contributed by atoms with E-state index in [-0.39, 0.29) is 18.4 Å². The molecule has 116 valence electrons. The van der Waals surface area contributed by atoms with E-state index >= 15 is 0 Å². The van der Waals surface area contributed by atoms with Crippen LogP contribution in [0.1, 0.15) is 50.7 Å². The smallest absolute Gasteiger partial charge is 0.349 e. The Bertz CT molecular complexity index is 483. The van der Waals surface area contributed by atoms with Crippen LogP contribution in [-0.2, 0) is 14.3 Å². The maximum atomic E-state index is 11.8. The predicted molar refractivity (Wildman–Crippen MR) is 80.3 cm³/mol. The van der Waals surface area contributed by atoms with Gasteiger partial charge < -0.3 is 15.2 Å². The van der Waals surface area contributed by atoms with Gasteiger partial charge in [-0.25, -0.2) is 4.79 Å². The van der Waals surface area contributed by atoms with E-state index in [0.29, 0.717) is 5.75 Å². The first kappa shape index (κ1) is 17.2. The van der Waals surface area contributed by atoms with Crippen molar-refractivity contribution in [3.05, 3.63) is 29.3 Å². The summed E-state index contributed by atoms with van der Waals surface area (Å²) in [4.78, 5) is 22.8. The molecule has 0 heterocycles. The number of hydrogen-bond acceptors (Lipinski definition) is 5. The third-order valence-corrected chi connectivity index (χ3v) is 3.05. The highest BCUT2D eigenvalue weighted by atomic mass is 16.6. The van der Waals surface area contributed by atoms with Crippen molar-refractivity contribution in [1.29, 1.82) is 0 Å². The van der Waals surface area contributed by atoms with Gasteiger partial charge in [-0.1, -0.05) is 45.9 Å². The van der Waals surface area contributed by atoms with Crippen molar-refractivity contribution in [1.82, 2.24) is 0 Å². The second-order valence-corrected chi connectivity index (χ2v) is 5.41. The van der Waals surface area contributed by atoms with E-state index in [9.17, 15) is 9.59 Å². The lowest BCUT2D eigenvalue weighted by atomic mass is 9.94. The van der Waals surface area contributed by atoms with Gasteiger partial charge in [0.2, 0.25) is 0 Å². The molecule has 5 nitrogen and oxygen atoms in total. The predicted octanol–water partition coefficient (Wildman–Crippen LogP) is 2.34. The van der Waals surface area contributed by atoms with Gasteiger partial charge in [-0.2, -0.15) is 0 Å². The largest absolute Gasteiger partial charge is 0.453 e. The normalized spacial score (nSPS) is 10.8. The van der Waals surface area contributed by atoms with Gasteiger partial charge in [-0.3, -0.25) is 4.79 Å². The number of para-hydroxylation sites is 1. The summed E-state index contributed by atoms with van der Waals surface area (Å²) in [7, 11) is 0. The Balaban J connectivity index is 2.94. The maximum Gasteiger partial charge on any atom is 0.349 e. The molecule has 0 aliphatic rings. The van der Waals surface area contributed by atoms with Gasteiger partial charge in [-0.05, 0) is 23.0 Å². The van der Waals surface area contributed by atoms with Crippen molar-refractivity contribution in [2.45, 2.75) is 39.5 Å². The summed E-state index contributed by atoms with van der Waals surface area (Å²) < 4.78 is 10.1. The lowest BCUT2D eigenvalue weighted by molar-refractivity contribution is -0.152. The van der Waals surface area contributed by atoms with Gasteiger partial charge >= 0.3 is 11.9 Å². The van der Waals surface area contributed by atoms with Crippen LogP contribution in [0.25, 0.3) is 0 Å². The molecule has 0 saturated heterocycles. The quantitative estimate of drug-likeness (QED) is 0.643. The van der Waals surface area contributed by atoms with E-state index in [4.69, 9.17) is 10.5 Å². The highest BCUT2D eigenvalue weighted by molar-refractivity contribution is 5.79. The fraction of sp³-hybridized carbons (Fsp3) is 0.500. The average molecular weight is 293 g/mol. The summed E-state index contributed by atoms with van der Waals surface area (Å²) in [5, 5.41) is 0. The Morgan fingerprint density at radius 2 is 1.57 bits per heavy atom. The highest BCUT2D eigenvalue weighted by Crippen LogP contribution is 2.34. The van der Waals surface area contributed by atoms with Crippen molar-refractivity contribution in [2.75, 3.05) is 13.2 Å². The minimum atomic E-state index is -0.631. The first-order chi connectivity index (χ1) is 9.86. The maximum absolute atomic E-state index is 11.8. The van der Waals surface area contributed by atoms with Crippen molar-refractivity contribution in [3.8, 4) is 5.75 Å². The molecule has 0 spiro atoms. The number of hydrogen-bond donors (Lipinski definition) is 1. The van der Waals surface area contributed by atoms with Crippen LogP contribution < -0.4 is 10.5 Å². The van der Waals surface area contributed by atoms with Crippen molar-refractivity contribution < 1.29 is 19.1 Å². The first-order valence-corrected chi connectivity index (χ1v) is 7.06. The second kappa shape index (κ2) is 7.78. The van der Waals surface area contributed by atoms with Crippen molar-refractivity contribution in [2.24, 2.45) is 5.73 Å². The number of carbonyl (C=O) groups is 2.